The molecule has 16 heavy (non-hydrogen) atoms. The minimum absolute atomic E-state index is 0.149. The van der Waals surface area contributed by atoms with E-state index in [1.807, 2.05) is 10.6 Å². The largest absolute Gasteiger partial charge is 0.369 e. The summed E-state index contributed by atoms with van der Waals surface area (Å²) in [6.07, 6.45) is 1.77. The summed E-state index contributed by atoms with van der Waals surface area (Å²) >= 11 is 3.38. The van der Waals surface area contributed by atoms with E-state index in [1.54, 1.807) is 6.20 Å². The molecule has 5 heteroatoms. The Labute approximate surface area is 103 Å². The molecule has 86 valence electrons. The standard InChI is InChI=1S/C11H15BrN4/c1-11(2,3)6-16-9-8(15-10(16)13)4-7(12)5-14-9/h4-5H,6H2,1-3H3,(H2,13,15). The van der Waals surface area contributed by atoms with E-state index >= 15 is 0 Å². The number of nitrogen functional groups attached to an aromatic ring is 1. The molecule has 0 spiro atoms. The Hall–Kier alpha value is -1.10. The van der Waals surface area contributed by atoms with Crippen LogP contribution in [0.3, 0.4) is 0 Å². The van der Waals surface area contributed by atoms with Gasteiger partial charge in [-0.2, -0.15) is 0 Å². The van der Waals surface area contributed by atoms with Gasteiger partial charge in [0.25, 0.3) is 0 Å². The highest BCUT2D eigenvalue weighted by Gasteiger charge is 2.17. The van der Waals surface area contributed by atoms with Crippen LogP contribution in [0.25, 0.3) is 11.2 Å². The fourth-order valence-electron chi connectivity index (χ4n) is 1.63. The van der Waals surface area contributed by atoms with Crippen LogP contribution >= 0.6 is 15.9 Å². The molecule has 4 nitrogen and oxygen atoms in total. The molecular weight excluding hydrogens is 268 g/mol. The highest BCUT2D eigenvalue weighted by molar-refractivity contribution is 9.10. The first-order valence-electron chi connectivity index (χ1n) is 5.14. The summed E-state index contributed by atoms with van der Waals surface area (Å²) in [4.78, 5) is 8.67. The molecule has 0 aromatic carbocycles. The third-order valence-electron chi connectivity index (χ3n) is 2.21. The zero-order valence-electron chi connectivity index (χ0n) is 9.66. The van der Waals surface area contributed by atoms with Gasteiger partial charge in [-0.25, -0.2) is 9.97 Å². The first kappa shape index (κ1) is 11.4. The van der Waals surface area contributed by atoms with E-state index in [0.717, 1.165) is 22.2 Å². The van der Waals surface area contributed by atoms with Gasteiger partial charge in [0.15, 0.2) is 5.65 Å². The molecule has 0 amide bonds. The predicted octanol–water partition coefficient (Wildman–Crippen LogP) is 2.82. The molecule has 2 aromatic heterocycles. The van der Waals surface area contributed by atoms with Crippen LogP contribution in [-0.2, 0) is 6.54 Å². The lowest BCUT2D eigenvalue weighted by Crippen LogP contribution is -2.17. The van der Waals surface area contributed by atoms with Crippen LogP contribution in [0, 0.1) is 5.41 Å². The molecule has 0 saturated heterocycles. The Morgan fingerprint density at radius 3 is 2.75 bits per heavy atom. The van der Waals surface area contributed by atoms with Crippen molar-refractivity contribution >= 4 is 33.0 Å². The van der Waals surface area contributed by atoms with Crippen LogP contribution in [0.4, 0.5) is 5.95 Å². The molecule has 0 bridgehead atoms. The minimum Gasteiger partial charge on any atom is -0.369 e. The second-order valence-electron chi connectivity index (χ2n) is 5.11. The molecule has 2 N–H and O–H groups in total. The molecule has 0 aliphatic carbocycles. The molecule has 0 aliphatic rings. The molecule has 2 aromatic rings. The van der Waals surface area contributed by atoms with Crippen molar-refractivity contribution in [1.29, 1.82) is 0 Å². The molecule has 0 radical (unpaired) electrons. The van der Waals surface area contributed by atoms with Crippen LogP contribution < -0.4 is 5.73 Å². The Balaban J connectivity index is 2.56. The van der Waals surface area contributed by atoms with Crippen LogP contribution in [0.2, 0.25) is 0 Å². The number of hydrogen-bond donors (Lipinski definition) is 1. The molecule has 2 rings (SSSR count). The van der Waals surface area contributed by atoms with Crippen molar-refractivity contribution < 1.29 is 0 Å². The average Bonchev–Trinajstić information content (AvgIpc) is 2.40. The third kappa shape index (κ3) is 2.19. The SMILES string of the molecule is CC(C)(C)Cn1c(N)nc2cc(Br)cnc21. The molecule has 0 aliphatic heterocycles. The fraction of sp³-hybridized carbons (Fsp3) is 0.455. The van der Waals surface area contributed by atoms with E-state index in [4.69, 9.17) is 5.73 Å². The molecule has 0 fully saturated rings. The van der Waals surface area contributed by atoms with E-state index in [9.17, 15) is 0 Å². The van der Waals surface area contributed by atoms with Gasteiger partial charge in [-0.1, -0.05) is 20.8 Å². The van der Waals surface area contributed by atoms with Gasteiger partial charge >= 0.3 is 0 Å². The Morgan fingerprint density at radius 2 is 2.12 bits per heavy atom. The number of fused-ring (bicyclic) bond motifs is 1. The van der Waals surface area contributed by atoms with Crippen molar-refractivity contribution in [2.24, 2.45) is 5.41 Å². The van der Waals surface area contributed by atoms with Gasteiger partial charge in [-0.05, 0) is 27.4 Å². The Morgan fingerprint density at radius 1 is 1.44 bits per heavy atom. The summed E-state index contributed by atoms with van der Waals surface area (Å²) in [6.45, 7) is 7.30. The summed E-state index contributed by atoms with van der Waals surface area (Å²) in [6, 6.07) is 1.93. The van der Waals surface area contributed by atoms with Gasteiger partial charge in [0, 0.05) is 17.2 Å². The maximum absolute atomic E-state index is 5.91. The van der Waals surface area contributed by atoms with Gasteiger partial charge in [0.1, 0.15) is 5.52 Å². The number of anilines is 1. The van der Waals surface area contributed by atoms with E-state index < -0.39 is 0 Å². The maximum Gasteiger partial charge on any atom is 0.202 e. The molecule has 0 atom stereocenters. The molecule has 0 saturated carbocycles. The minimum atomic E-state index is 0.149. The van der Waals surface area contributed by atoms with Gasteiger partial charge in [0.05, 0.1) is 0 Å². The van der Waals surface area contributed by atoms with Crippen molar-refractivity contribution in [3.05, 3.63) is 16.7 Å². The second kappa shape index (κ2) is 3.73. The van der Waals surface area contributed by atoms with Crippen LogP contribution in [0.1, 0.15) is 20.8 Å². The third-order valence-corrected chi connectivity index (χ3v) is 2.65. The number of aromatic nitrogens is 3. The van der Waals surface area contributed by atoms with Crippen LogP contribution in [0.15, 0.2) is 16.7 Å². The number of rotatable bonds is 1. The van der Waals surface area contributed by atoms with Crippen molar-refractivity contribution in [1.82, 2.24) is 14.5 Å². The van der Waals surface area contributed by atoms with E-state index in [0.29, 0.717) is 5.95 Å². The van der Waals surface area contributed by atoms with Gasteiger partial charge in [-0.15, -0.1) is 0 Å². The van der Waals surface area contributed by atoms with Crippen molar-refractivity contribution in [2.75, 3.05) is 5.73 Å². The van der Waals surface area contributed by atoms with Crippen LogP contribution in [0.5, 0.6) is 0 Å². The lowest BCUT2D eigenvalue weighted by Gasteiger charge is -2.19. The quantitative estimate of drug-likeness (QED) is 0.875. The Kier molecular flexibility index (Phi) is 2.66. The second-order valence-corrected chi connectivity index (χ2v) is 6.03. The summed E-state index contributed by atoms with van der Waals surface area (Å²) in [5.74, 6) is 0.524. The molecule has 0 unspecified atom stereocenters. The molecule has 2 heterocycles. The molecular formula is C11H15BrN4. The number of halogens is 1. The van der Waals surface area contributed by atoms with Crippen LogP contribution in [-0.4, -0.2) is 14.5 Å². The summed E-state index contributed by atoms with van der Waals surface area (Å²) < 4.78 is 2.88. The van der Waals surface area contributed by atoms with E-state index in [2.05, 4.69) is 46.7 Å². The topological polar surface area (TPSA) is 56.7 Å². The monoisotopic (exact) mass is 282 g/mol. The first-order valence-corrected chi connectivity index (χ1v) is 5.93. The fourth-order valence-corrected chi connectivity index (χ4v) is 1.95. The van der Waals surface area contributed by atoms with E-state index in [-0.39, 0.29) is 5.41 Å². The highest BCUT2D eigenvalue weighted by Crippen LogP contribution is 2.24. The lowest BCUT2D eigenvalue weighted by atomic mass is 9.97. The Bertz CT molecular complexity index is 524. The van der Waals surface area contributed by atoms with Gasteiger partial charge in [-0.3, -0.25) is 4.57 Å². The summed E-state index contributed by atoms with van der Waals surface area (Å²) in [5.41, 5.74) is 7.73. The first-order chi connectivity index (χ1) is 7.37. The average molecular weight is 283 g/mol. The zero-order chi connectivity index (χ0) is 11.9. The van der Waals surface area contributed by atoms with Gasteiger partial charge < -0.3 is 5.73 Å². The van der Waals surface area contributed by atoms with Crippen molar-refractivity contribution in [3.63, 3.8) is 0 Å². The maximum atomic E-state index is 5.91. The number of imidazole rings is 1. The van der Waals surface area contributed by atoms with Crippen molar-refractivity contribution in [2.45, 2.75) is 27.3 Å². The van der Waals surface area contributed by atoms with Crippen molar-refractivity contribution in [3.8, 4) is 0 Å². The predicted molar refractivity (Wildman–Crippen MR) is 69.1 cm³/mol. The normalized spacial score (nSPS) is 12.2. The number of nitrogens with zero attached hydrogens (tertiary/aromatic N) is 3. The smallest absolute Gasteiger partial charge is 0.202 e. The summed E-state index contributed by atoms with van der Waals surface area (Å²) in [5, 5.41) is 0. The zero-order valence-corrected chi connectivity index (χ0v) is 11.2. The number of pyridine rings is 1. The number of hydrogen-bond acceptors (Lipinski definition) is 3. The van der Waals surface area contributed by atoms with Gasteiger partial charge in [0.2, 0.25) is 5.95 Å². The number of nitrogens with two attached hydrogens (primary N) is 1. The summed E-state index contributed by atoms with van der Waals surface area (Å²) in [7, 11) is 0. The highest BCUT2D eigenvalue weighted by atomic mass is 79.9. The van der Waals surface area contributed by atoms with E-state index in [1.165, 1.54) is 0 Å². The lowest BCUT2D eigenvalue weighted by molar-refractivity contribution is 0.350.